The molecular formula is C15H21N3O2S. The molecule has 0 bridgehead atoms. The Morgan fingerprint density at radius 3 is 2.67 bits per heavy atom. The molecule has 6 heteroatoms. The predicted octanol–water partition coefficient (Wildman–Crippen LogP) is 2.17. The summed E-state index contributed by atoms with van der Waals surface area (Å²) in [4.78, 5) is 32.3. The standard InChI is InChI=1S/C15H21N3O2S/c1-10-8-16-13(21-10)11(2)18-9-12(19)17-15(14(18)20)6-4-3-5-7-15/h8,11H,3-7,9H2,1-2H3,(H,17,19). The highest BCUT2D eigenvalue weighted by atomic mass is 32.1. The van der Waals surface area contributed by atoms with Crippen molar-refractivity contribution in [3.63, 3.8) is 0 Å². The van der Waals surface area contributed by atoms with Crippen molar-refractivity contribution in [3.8, 4) is 0 Å². The van der Waals surface area contributed by atoms with Gasteiger partial charge in [-0.1, -0.05) is 19.3 Å². The van der Waals surface area contributed by atoms with Crippen LogP contribution in [0.4, 0.5) is 0 Å². The zero-order chi connectivity index (χ0) is 15.0. The predicted molar refractivity (Wildman–Crippen MR) is 80.9 cm³/mol. The number of amides is 2. The van der Waals surface area contributed by atoms with Crippen molar-refractivity contribution in [2.24, 2.45) is 0 Å². The average molecular weight is 307 g/mol. The number of carbonyl (C=O) groups is 2. The van der Waals surface area contributed by atoms with Crippen LogP contribution in [0.5, 0.6) is 0 Å². The van der Waals surface area contributed by atoms with E-state index in [9.17, 15) is 9.59 Å². The number of nitrogens with zero attached hydrogens (tertiary/aromatic N) is 2. The number of carbonyl (C=O) groups excluding carboxylic acids is 2. The van der Waals surface area contributed by atoms with Crippen molar-refractivity contribution in [2.75, 3.05) is 6.54 Å². The van der Waals surface area contributed by atoms with Crippen molar-refractivity contribution in [3.05, 3.63) is 16.1 Å². The van der Waals surface area contributed by atoms with Crippen LogP contribution < -0.4 is 5.32 Å². The number of aromatic nitrogens is 1. The second kappa shape index (κ2) is 5.40. The van der Waals surface area contributed by atoms with Crippen molar-refractivity contribution in [1.29, 1.82) is 0 Å². The zero-order valence-corrected chi connectivity index (χ0v) is 13.3. The fourth-order valence-electron chi connectivity index (χ4n) is 3.37. The smallest absolute Gasteiger partial charge is 0.249 e. The molecule has 114 valence electrons. The Labute approximate surface area is 128 Å². The number of thiazole rings is 1. The van der Waals surface area contributed by atoms with Crippen LogP contribution in [0.3, 0.4) is 0 Å². The minimum absolute atomic E-state index is 0.0448. The van der Waals surface area contributed by atoms with Crippen molar-refractivity contribution in [1.82, 2.24) is 15.2 Å². The summed E-state index contributed by atoms with van der Waals surface area (Å²) < 4.78 is 0. The molecule has 1 aromatic heterocycles. The molecule has 0 aromatic carbocycles. The van der Waals surface area contributed by atoms with Gasteiger partial charge in [-0.2, -0.15) is 0 Å². The van der Waals surface area contributed by atoms with E-state index in [1.165, 1.54) is 0 Å². The molecule has 1 spiro atoms. The van der Waals surface area contributed by atoms with Crippen molar-refractivity contribution in [2.45, 2.75) is 57.5 Å². The van der Waals surface area contributed by atoms with Crippen molar-refractivity contribution < 1.29 is 9.59 Å². The lowest BCUT2D eigenvalue weighted by molar-refractivity contribution is -0.153. The highest BCUT2D eigenvalue weighted by Gasteiger charge is 2.48. The molecule has 21 heavy (non-hydrogen) atoms. The third-order valence-electron chi connectivity index (χ3n) is 4.53. The van der Waals surface area contributed by atoms with E-state index in [0.29, 0.717) is 0 Å². The summed E-state index contributed by atoms with van der Waals surface area (Å²) in [6.45, 7) is 4.10. The average Bonchev–Trinajstić information content (AvgIpc) is 2.90. The number of piperazine rings is 1. The van der Waals surface area contributed by atoms with E-state index >= 15 is 0 Å². The zero-order valence-electron chi connectivity index (χ0n) is 12.5. The van der Waals surface area contributed by atoms with Gasteiger partial charge in [0.05, 0.1) is 6.04 Å². The van der Waals surface area contributed by atoms with E-state index in [0.717, 1.165) is 42.0 Å². The van der Waals surface area contributed by atoms with Crippen LogP contribution in [-0.2, 0) is 9.59 Å². The highest BCUT2D eigenvalue weighted by molar-refractivity contribution is 7.11. The van der Waals surface area contributed by atoms with Crippen molar-refractivity contribution >= 4 is 23.2 Å². The maximum atomic E-state index is 13.0. The number of aryl methyl sites for hydroxylation is 1. The summed E-state index contributed by atoms with van der Waals surface area (Å²) in [6, 6.07) is -0.138. The molecule has 2 amide bonds. The fourth-order valence-corrected chi connectivity index (χ4v) is 4.21. The number of hydrogen-bond acceptors (Lipinski definition) is 4. The Hall–Kier alpha value is -1.43. The largest absolute Gasteiger partial charge is 0.340 e. The van der Waals surface area contributed by atoms with Gasteiger partial charge in [-0.25, -0.2) is 4.98 Å². The van der Waals surface area contributed by atoms with E-state index in [4.69, 9.17) is 0 Å². The maximum Gasteiger partial charge on any atom is 0.249 e. The molecule has 2 aliphatic rings. The van der Waals surface area contributed by atoms with Crippen LogP contribution in [0.25, 0.3) is 0 Å². The van der Waals surface area contributed by atoms with Gasteiger partial charge < -0.3 is 10.2 Å². The Morgan fingerprint density at radius 2 is 2.05 bits per heavy atom. The van der Waals surface area contributed by atoms with Gasteiger partial charge in [0.1, 0.15) is 17.1 Å². The van der Waals surface area contributed by atoms with Gasteiger partial charge in [-0.05, 0) is 26.7 Å². The van der Waals surface area contributed by atoms with Crippen LogP contribution in [0.1, 0.15) is 55.0 Å². The quantitative estimate of drug-likeness (QED) is 0.911. The Balaban J connectivity index is 1.87. The van der Waals surface area contributed by atoms with Gasteiger partial charge >= 0.3 is 0 Å². The molecule has 1 saturated heterocycles. The van der Waals surface area contributed by atoms with Crippen LogP contribution in [0.2, 0.25) is 0 Å². The summed E-state index contributed by atoms with van der Waals surface area (Å²) in [6.07, 6.45) is 6.50. The fraction of sp³-hybridized carbons (Fsp3) is 0.667. The van der Waals surface area contributed by atoms with Crippen LogP contribution in [0.15, 0.2) is 6.20 Å². The normalized spacial score (nSPS) is 23.2. The lowest BCUT2D eigenvalue weighted by Crippen LogP contribution is -2.67. The first-order chi connectivity index (χ1) is 10.0. The van der Waals surface area contributed by atoms with E-state index in [1.807, 2.05) is 20.0 Å². The minimum atomic E-state index is -0.659. The molecule has 1 unspecified atom stereocenters. The number of hydrogen-bond donors (Lipinski definition) is 1. The first-order valence-corrected chi connectivity index (χ1v) is 8.38. The molecule has 5 nitrogen and oxygen atoms in total. The summed E-state index contributed by atoms with van der Waals surface area (Å²) >= 11 is 1.59. The van der Waals surface area contributed by atoms with E-state index < -0.39 is 5.54 Å². The molecule has 2 fully saturated rings. The van der Waals surface area contributed by atoms with E-state index in [-0.39, 0.29) is 24.4 Å². The van der Waals surface area contributed by atoms with Crippen LogP contribution >= 0.6 is 11.3 Å². The first kappa shape index (κ1) is 14.5. The monoisotopic (exact) mass is 307 g/mol. The third-order valence-corrected chi connectivity index (χ3v) is 5.62. The molecule has 1 saturated carbocycles. The molecule has 1 atom stereocenters. The molecule has 1 aromatic rings. The summed E-state index contributed by atoms with van der Waals surface area (Å²) in [5.74, 6) is 0.0266. The van der Waals surface area contributed by atoms with E-state index in [1.54, 1.807) is 16.2 Å². The Bertz CT molecular complexity index is 563. The molecule has 2 heterocycles. The lowest BCUT2D eigenvalue weighted by atomic mass is 9.79. The maximum absolute atomic E-state index is 13.0. The summed E-state index contributed by atoms with van der Waals surface area (Å²) in [5, 5.41) is 3.88. The van der Waals surface area contributed by atoms with Gasteiger partial charge in [0.2, 0.25) is 11.8 Å². The highest BCUT2D eigenvalue weighted by Crippen LogP contribution is 2.35. The molecule has 1 aliphatic heterocycles. The summed E-state index contributed by atoms with van der Waals surface area (Å²) in [5.41, 5.74) is -0.659. The van der Waals surface area contributed by atoms with Gasteiger partial charge in [-0.15, -0.1) is 11.3 Å². The lowest BCUT2D eigenvalue weighted by Gasteiger charge is -2.45. The first-order valence-electron chi connectivity index (χ1n) is 7.56. The molecule has 0 radical (unpaired) electrons. The van der Waals surface area contributed by atoms with Gasteiger partial charge in [0.25, 0.3) is 0 Å². The summed E-state index contributed by atoms with van der Waals surface area (Å²) in [7, 11) is 0. The van der Waals surface area contributed by atoms with Gasteiger partial charge in [0.15, 0.2) is 0 Å². The van der Waals surface area contributed by atoms with Gasteiger partial charge in [-0.3, -0.25) is 9.59 Å². The molecule has 1 aliphatic carbocycles. The number of rotatable bonds is 2. The van der Waals surface area contributed by atoms with Gasteiger partial charge in [0, 0.05) is 11.1 Å². The SMILES string of the molecule is Cc1cnc(C(C)N2CC(=O)NC3(CCCCC3)C2=O)s1. The Kier molecular flexibility index (Phi) is 3.73. The topological polar surface area (TPSA) is 62.3 Å². The third kappa shape index (κ3) is 2.57. The second-order valence-electron chi connectivity index (χ2n) is 6.11. The molecular weight excluding hydrogens is 286 g/mol. The van der Waals surface area contributed by atoms with E-state index in [2.05, 4.69) is 10.3 Å². The minimum Gasteiger partial charge on any atom is -0.340 e. The Morgan fingerprint density at radius 1 is 1.33 bits per heavy atom. The molecule has 3 rings (SSSR count). The van der Waals surface area contributed by atoms with Crippen LogP contribution in [-0.4, -0.2) is 33.8 Å². The second-order valence-corrected chi connectivity index (χ2v) is 7.38. The molecule has 1 N–H and O–H groups in total. The number of nitrogens with one attached hydrogen (secondary N) is 1. The van der Waals surface area contributed by atoms with Crippen LogP contribution in [0, 0.1) is 6.92 Å².